The highest BCUT2D eigenvalue weighted by atomic mass is 15.4. The Labute approximate surface area is 202 Å². The van der Waals surface area contributed by atoms with Crippen LogP contribution >= 0.6 is 0 Å². The Morgan fingerprint density at radius 3 is 1.12 bits per heavy atom. The summed E-state index contributed by atoms with van der Waals surface area (Å²) in [6.45, 7) is 30.9. The molecular formula is C24H51N9. The summed E-state index contributed by atoms with van der Waals surface area (Å²) in [4.78, 5) is 0. The molecule has 0 saturated carbocycles. The average Bonchev–Trinajstić information content (AvgIpc) is 3.55. The third-order valence-corrected chi connectivity index (χ3v) is 3.48. The topological polar surface area (TPSA) is 114 Å². The summed E-state index contributed by atoms with van der Waals surface area (Å²) in [5, 5.41) is 28.0. The molecule has 0 aliphatic carbocycles. The highest BCUT2D eigenvalue weighted by molar-refractivity contribution is 5.05. The molecule has 0 unspecified atom stereocenters. The summed E-state index contributed by atoms with van der Waals surface area (Å²) in [5.74, 6) is 0. The van der Waals surface area contributed by atoms with Crippen molar-refractivity contribution in [3.63, 3.8) is 0 Å². The van der Waals surface area contributed by atoms with Crippen LogP contribution in [0.5, 0.6) is 0 Å². The normalized spacial score (nSPS) is 10.3. The fourth-order valence-electron chi connectivity index (χ4n) is 1.69. The molecule has 0 atom stereocenters. The van der Waals surface area contributed by atoms with Gasteiger partial charge in [-0.3, -0.25) is 0 Å². The lowest BCUT2D eigenvalue weighted by Gasteiger charge is -2.17. The van der Waals surface area contributed by atoms with Gasteiger partial charge in [-0.05, 0) is 20.8 Å². The minimum atomic E-state index is 0.0660. The van der Waals surface area contributed by atoms with Gasteiger partial charge >= 0.3 is 0 Å². The van der Waals surface area contributed by atoms with E-state index in [9.17, 15) is 0 Å². The molecular weight excluding hydrogens is 414 g/mol. The number of hydrogen-bond acceptors (Lipinski definition) is 6. The number of rotatable bonds is 0. The third-order valence-electron chi connectivity index (χ3n) is 3.48. The van der Waals surface area contributed by atoms with E-state index in [0.29, 0.717) is 0 Å². The average molecular weight is 466 g/mol. The molecule has 3 heterocycles. The van der Waals surface area contributed by atoms with Crippen molar-refractivity contribution in [2.24, 2.45) is 0 Å². The van der Waals surface area contributed by atoms with E-state index in [1.165, 1.54) is 0 Å². The number of nitrogens with one attached hydrogen (secondary N) is 2. The zero-order valence-electron chi connectivity index (χ0n) is 23.9. The van der Waals surface area contributed by atoms with Crippen molar-refractivity contribution in [1.29, 1.82) is 0 Å². The van der Waals surface area contributed by atoms with Gasteiger partial charge in [-0.15, -0.1) is 5.10 Å². The summed E-state index contributed by atoms with van der Waals surface area (Å²) < 4.78 is 1.83. The van der Waals surface area contributed by atoms with Gasteiger partial charge in [0, 0.05) is 17.0 Å². The molecule has 9 nitrogen and oxygen atoms in total. The van der Waals surface area contributed by atoms with Crippen molar-refractivity contribution in [3.8, 4) is 0 Å². The number of H-pyrrole nitrogens is 2. The van der Waals surface area contributed by atoms with Crippen LogP contribution in [0.25, 0.3) is 0 Å². The van der Waals surface area contributed by atoms with Crippen molar-refractivity contribution in [2.45, 2.75) is 120 Å². The van der Waals surface area contributed by atoms with Crippen LogP contribution in [0.2, 0.25) is 0 Å². The molecule has 192 valence electrons. The molecule has 0 spiro atoms. The second-order valence-corrected chi connectivity index (χ2v) is 9.23. The van der Waals surface area contributed by atoms with Crippen LogP contribution in [-0.4, -0.2) is 45.8 Å². The third kappa shape index (κ3) is 16.7. The Balaban J connectivity index is -0.000000367. The Kier molecular flexibility index (Phi) is 19.0. The van der Waals surface area contributed by atoms with Crippen molar-refractivity contribution in [1.82, 2.24) is 45.8 Å². The van der Waals surface area contributed by atoms with Crippen molar-refractivity contribution in [3.05, 3.63) is 36.2 Å². The van der Waals surface area contributed by atoms with Gasteiger partial charge in [-0.2, -0.15) is 30.8 Å². The van der Waals surface area contributed by atoms with Crippen LogP contribution in [0.15, 0.2) is 24.8 Å². The molecule has 3 rings (SSSR count). The number of aromatic nitrogens is 9. The molecule has 0 radical (unpaired) electrons. The van der Waals surface area contributed by atoms with Crippen LogP contribution in [0.1, 0.15) is 115 Å². The highest BCUT2D eigenvalue weighted by Crippen LogP contribution is 2.17. The Morgan fingerprint density at radius 1 is 0.636 bits per heavy atom. The zero-order valence-corrected chi connectivity index (χ0v) is 23.9. The maximum absolute atomic E-state index is 3.95. The summed E-state index contributed by atoms with van der Waals surface area (Å²) >= 11 is 0. The molecule has 0 amide bonds. The predicted octanol–water partition coefficient (Wildman–Crippen LogP) is 6.32. The highest BCUT2D eigenvalue weighted by Gasteiger charge is 2.16. The van der Waals surface area contributed by atoms with Crippen molar-refractivity contribution in [2.75, 3.05) is 0 Å². The lowest BCUT2D eigenvalue weighted by molar-refractivity contribution is 0.347. The number of hydrogen-bond donors (Lipinski definition) is 2. The lowest BCUT2D eigenvalue weighted by Crippen LogP contribution is -2.22. The molecule has 9 heteroatoms. The Bertz CT molecular complexity index is 620. The predicted molar refractivity (Wildman–Crippen MR) is 139 cm³/mol. The first-order chi connectivity index (χ1) is 15.3. The van der Waals surface area contributed by atoms with Gasteiger partial charge < -0.3 is 0 Å². The van der Waals surface area contributed by atoms with Crippen molar-refractivity contribution < 1.29 is 0 Å². The molecule has 0 fully saturated rings. The summed E-state index contributed by atoms with van der Waals surface area (Å²) in [7, 11) is 0. The lowest BCUT2D eigenvalue weighted by atomic mass is 9.93. The van der Waals surface area contributed by atoms with Gasteiger partial charge in [0.05, 0.1) is 35.5 Å². The SMILES string of the molecule is CC.CC.CC.CC(C)(C)c1cn[nH]n1.CC(C)(C)c1cn[nH]n1.CC(C)(C)n1ccnn1. The van der Waals surface area contributed by atoms with E-state index in [-0.39, 0.29) is 16.4 Å². The summed E-state index contributed by atoms with van der Waals surface area (Å²) in [5.41, 5.74) is 2.31. The smallest absolute Gasteiger partial charge is 0.0877 e. The first kappa shape index (κ1) is 35.0. The van der Waals surface area contributed by atoms with E-state index in [2.05, 4.69) is 103 Å². The minimum Gasteiger partial charge on any atom is -0.247 e. The largest absolute Gasteiger partial charge is 0.247 e. The van der Waals surface area contributed by atoms with E-state index < -0.39 is 0 Å². The van der Waals surface area contributed by atoms with Gasteiger partial charge in [0.1, 0.15) is 0 Å². The Hall–Kier alpha value is -2.58. The van der Waals surface area contributed by atoms with E-state index in [4.69, 9.17) is 0 Å². The second kappa shape index (κ2) is 17.9. The van der Waals surface area contributed by atoms with E-state index in [1.54, 1.807) is 18.6 Å². The monoisotopic (exact) mass is 465 g/mol. The summed E-state index contributed by atoms with van der Waals surface area (Å²) in [6.07, 6.45) is 7.05. The van der Waals surface area contributed by atoms with Gasteiger partial charge in [0.15, 0.2) is 0 Å². The maximum atomic E-state index is 3.95. The number of aromatic amines is 2. The van der Waals surface area contributed by atoms with Crippen LogP contribution < -0.4 is 0 Å². The fourth-order valence-corrected chi connectivity index (χ4v) is 1.69. The van der Waals surface area contributed by atoms with E-state index >= 15 is 0 Å². The first-order valence-electron chi connectivity index (χ1n) is 11.9. The van der Waals surface area contributed by atoms with Crippen LogP contribution in [0.3, 0.4) is 0 Å². The molecule has 0 aliphatic rings. The molecule has 0 aromatic carbocycles. The van der Waals surface area contributed by atoms with Crippen LogP contribution in [0, 0.1) is 0 Å². The van der Waals surface area contributed by atoms with Gasteiger partial charge in [0.25, 0.3) is 0 Å². The zero-order chi connectivity index (χ0) is 26.7. The Morgan fingerprint density at radius 2 is 1.00 bits per heavy atom. The standard InChI is InChI=1S/3C6H11N3.3C2H6/c1-6(2,3)9-5-4-7-8-9;2*1-6(2,3)5-4-7-9-8-5;3*1-2/h4-5H,1-3H3;2*4H,1-3H3,(H,7,8,9);3*1-2H3. The van der Waals surface area contributed by atoms with Crippen molar-refractivity contribution >= 4 is 0 Å². The molecule has 3 aromatic heterocycles. The molecule has 3 aromatic rings. The quantitative estimate of drug-likeness (QED) is 0.402. The maximum Gasteiger partial charge on any atom is 0.0877 e. The minimum absolute atomic E-state index is 0.0660. The fraction of sp³-hybridized carbons (Fsp3) is 0.750. The van der Waals surface area contributed by atoms with Gasteiger partial charge in [0.2, 0.25) is 0 Å². The molecule has 0 saturated heterocycles. The van der Waals surface area contributed by atoms with Gasteiger partial charge in [-0.25, -0.2) is 4.68 Å². The first-order valence-corrected chi connectivity index (χ1v) is 11.9. The summed E-state index contributed by atoms with van der Waals surface area (Å²) in [6, 6.07) is 0. The molecule has 0 aliphatic heterocycles. The molecule has 0 bridgehead atoms. The van der Waals surface area contributed by atoms with Gasteiger partial charge in [-0.1, -0.05) is 88.3 Å². The molecule has 33 heavy (non-hydrogen) atoms. The van der Waals surface area contributed by atoms with Crippen LogP contribution in [-0.2, 0) is 16.4 Å². The molecule has 2 N–H and O–H groups in total. The second-order valence-electron chi connectivity index (χ2n) is 9.23. The number of nitrogens with zero attached hydrogens (tertiary/aromatic N) is 7. The van der Waals surface area contributed by atoms with Crippen LogP contribution in [0.4, 0.5) is 0 Å². The van der Waals surface area contributed by atoms with E-state index in [1.807, 2.05) is 52.4 Å². The van der Waals surface area contributed by atoms with E-state index in [0.717, 1.165) is 11.4 Å².